The minimum atomic E-state index is -0.688. The number of hydrogen-bond donors (Lipinski definition) is 2. The molecular weight excluding hydrogens is 235 g/mol. The van der Waals surface area contributed by atoms with E-state index in [-0.39, 0.29) is 23.3 Å². The lowest BCUT2D eigenvalue weighted by Gasteiger charge is -2.22. The van der Waals surface area contributed by atoms with Crippen molar-refractivity contribution in [2.75, 3.05) is 12.0 Å². The first-order valence-electron chi connectivity index (χ1n) is 6.11. The Morgan fingerprint density at radius 3 is 2.94 bits per heavy atom. The maximum atomic E-state index is 14.0. The summed E-state index contributed by atoms with van der Waals surface area (Å²) in [5.41, 5.74) is 2.18. The minimum absolute atomic E-state index is 0.0262. The van der Waals surface area contributed by atoms with Crippen LogP contribution in [0, 0.1) is 5.82 Å². The highest BCUT2D eigenvalue weighted by Gasteiger charge is 2.33. The van der Waals surface area contributed by atoms with Crippen LogP contribution in [-0.4, -0.2) is 28.4 Å². The molecule has 0 saturated heterocycles. The van der Waals surface area contributed by atoms with E-state index in [1.54, 1.807) is 4.90 Å². The third-order valence-corrected chi connectivity index (χ3v) is 2.97. The molecule has 98 valence electrons. The van der Waals surface area contributed by atoms with Gasteiger partial charge in [-0.15, -0.1) is 0 Å². The van der Waals surface area contributed by atoms with Crippen LogP contribution in [-0.2, 0) is 0 Å². The van der Waals surface area contributed by atoms with E-state index in [1.165, 1.54) is 12.3 Å². The van der Waals surface area contributed by atoms with Crippen molar-refractivity contribution in [2.45, 2.75) is 32.2 Å². The Bertz CT molecular complexity index is 448. The Morgan fingerprint density at radius 1 is 1.67 bits per heavy atom. The normalized spacial score (nSPS) is 14.4. The first kappa shape index (κ1) is 12.8. The second-order valence-corrected chi connectivity index (χ2v) is 4.40. The number of nitrogen functional groups attached to an aromatic ring is 1. The lowest BCUT2D eigenvalue weighted by atomic mass is 10.2. The zero-order valence-electron chi connectivity index (χ0n) is 10.3. The molecule has 1 aliphatic carbocycles. The number of nitrogens with two attached hydrogens (primary N) is 1. The van der Waals surface area contributed by atoms with Crippen LogP contribution in [0.2, 0.25) is 0 Å². The maximum absolute atomic E-state index is 14.0. The molecular formula is C12H17FN4O. The van der Waals surface area contributed by atoms with E-state index in [2.05, 4.69) is 10.4 Å². The number of pyridine rings is 1. The Hall–Kier alpha value is -1.69. The molecule has 1 fully saturated rings. The Morgan fingerprint density at radius 2 is 2.39 bits per heavy atom. The number of carbonyl (C=O) groups is 1. The highest BCUT2D eigenvalue weighted by atomic mass is 19.1. The molecule has 18 heavy (non-hydrogen) atoms. The second kappa shape index (κ2) is 5.30. The summed E-state index contributed by atoms with van der Waals surface area (Å²) in [6.45, 7) is 2.65. The van der Waals surface area contributed by atoms with Gasteiger partial charge in [-0.1, -0.05) is 6.92 Å². The monoisotopic (exact) mass is 252 g/mol. The average molecular weight is 252 g/mol. The molecule has 1 aromatic heterocycles. The molecule has 1 saturated carbocycles. The number of nitrogens with one attached hydrogen (secondary N) is 1. The zero-order valence-corrected chi connectivity index (χ0v) is 10.3. The van der Waals surface area contributed by atoms with Crippen molar-refractivity contribution >= 4 is 11.7 Å². The summed E-state index contributed by atoms with van der Waals surface area (Å²) in [5, 5.41) is 0. The number of aromatic nitrogens is 1. The fourth-order valence-corrected chi connectivity index (χ4v) is 1.94. The summed E-state index contributed by atoms with van der Waals surface area (Å²) in [7, 11) is 0. The van der Waals surface area contributed by atoms with Crippen LogP contribution in [0.25, 0.3) is 0 Å². The number of halogens is 1. The molecule has 2 rings (SSSR count). The fraction of sp³-hybridized carbons (Fsp3) is 0.500. The summed E-state index contributed by atoms with van der Waals surface area (Å²) in [6.07, 6.45) is 4.24. The van der Waals surface area contributed by atoms with E-state index in [0.717, 1.165) is 19.3 Å². The Balaban J connectivity index is 2.26. The topological polar surface area (TPSA) is 71.2 Å². The van der Waals surface area contributed by atoms with Crippen molar-refractivity contribution < 1.29 is 9.18 Å². The zero-order chi connectivity index (χ0) is 13.1. The number of hydrogen-bond acceptors (Lipinski definition) is 4. The third kappa shape index (κ3) is 2.43. The average Bonchev–Trinajstić information content (AvgIpc) is 3.20. The SMILES string of the molecule is CCCN(C(=O)c1ccnc(NN)c1F)C1CC1. The first-order chi connectivity index (χ1) is 8.69. The molecule has 1 heterocycles. The summed E-state index contributed by atoms with van der Waals surface area (Å²) >= 11 is 0. The van der Waals surface area contributed by atoms with Crippen LogP contribution in [0.1, 0.15) is 36.5 Å². The van der Waals surface area contributed by atoms with Gasteiger partial charge >= 0.3 is 0 Å². The van der Waals surface area contributed by atoms with E-state index >= 15 is 0 Å². The predicted octanol–water partition coefficient (Wildman–Crippen LogP) is 1.52. The molecule has 0 aromatic carbocycles. The van der Waals surface area contributed by atoms with Gasteiger partial charge in [0.1, 0.15) is 0 Å². The fourth-order valence-electron chi connectivity index (χ4n) is 1.94. The van der Waals surface area contributed by atoms with Crippen LogP contribution >= 0.6 is 0 Å². The molecule has 1 amide bonds. The molecule has 1 aliphatic rings. The first-order valence-corrected chi connectivity index (χ1v) is 6.11. The molecule has 0 atom stereocenters. The second-order valence-electron chi connectivity index (χ2n) is 4.40. The van der Waals surface area contributed by atoms with E-state index in [4.69, 9.17) is 5.84 Å². The number of carbonyl (C=O) groups excluding carboxylic acids is 1. The van der Waals surface area contributed by atoms with Crippen LogP contribution in [0.5, 0.6) is 0 Å². The molecule has 6 heteroatoms. The Kier molecular flexibility index (Phi) is 3.76. The number of rotatable bonds is 5. The van der Waals surface area contributed by atoms with E-state index in [0.29, 0.717) is 6.54 Å². The smallest absolute Gasteiger partial charge is 0.257 e. The van der Waals surface area contributed by atoms with Gasteiger partial charge in [-0.25, -0.2) is 15.2 Å². The van der Waals surface area contributed by atoms with Crippen LogP contribution < -0.4 is 11.3 Å². The van der Waals surface area contributed by atoms with Gasteiger partial charge < -0.3 is 10.3 Å². The van der Waals surface area contributed by atoms with Gasteiger partial charge in [-0.3, -0.25) is 4.79 Å². The largest absolute Gasteiger partial charge is 0.336 e. The van der Waals surface area contributed by atoms with Gasteiger partial charge in [-0.2, -0.15) is 0 Å². The summed E-state index contributed by atoms with van der Waals surface area (Å²) < 4.78 is 14.0. The molecule has 0 unspecified atom stereocenters. The summed E-state index contributed by atoms with van der Waals surface area (Å²) in [4.78, 5) is 17.8. The summed E-state index contributed by atoms with van der Waals surface area (Å²) in [5.74, 6) is 4.08. The molecule has 3 N–H and O–H groups in total. The van der Waals surface area contributed by atoms with Crippen LogP contribution in [0.3, 0.4) is 0 Å². The minimum Gasteiger partial charge on any atom is -0.336 e. The van der Waals surface area contributed by atoms with Crippen LogP contribution in [0.15, 0.2) is 12.3 Å². The number of amides is 1. The lowest BCUT2D eigenvalue weighted by molar-refractivity contribution is 0.0738. The number of anilines is 1. The van der Waals surface area contributed by atoms with Gasteiger partial charge in [0.25, 0.3) is 5.91 Å². The molecule has 0 spiro atoms. The standard InChI is InChI=1S/C12H17FN4O/c1-2-7-17(8-3-4-8)12(18)9-5-6-15-11(16-14)10(9)13/h5-6,8H,2-4,7,14H2,1H3,(H,15,16). The Labute approximate surface area is 105 Å². The van der Waals surface area contributed by atoms with Crippen molar-refractivity contribution in [1.29, 1.82) is 0 Å². The van der Waals surface area contributed by atoms with Gasteiger partial charge in [-0.05, 0) is 25.3 Å². The molecule has 0 radical (unpaired) electrons. The number of nitrogens with zero attached hydrogens (tertiary/aromatic N) is 2. The quantitative estimate of drug-likeness (QED) is 0.615. The predicted molar refractivity (Wildman–Crippen MR) is 66.4 cm³/mol. The third-order valence-electron chi connectivity index (χ3n) is 2.97. The van der Waals surface area contributed by atoms with Gasteiger partial charge in [0.05, 0.1) is 5.56 Å². The summed E-state index contributed by atoms with van der Waals surface area (Å²) in [6, 6.07) is 1.66. The van der Waals surface area contributed by atoms with Crippen LogP contribution in [0.4, 0.5) is 10.2 Å². The number of hydrazine groups is 1. The molecule has 0 bridgehead atoms. The van der Waals surface area contributed by atoms with Crippen molar-refractivity contribution in [3.8, 4) is 0 Å². The highest BCUT2D eigenvalue weighted by Crippen LogP contribution is 2.29. The molecule has 5 nitrogen and oxygen atoms in total. The molecule has 1 aromatic rings. The van der Waals surface area contributed by atoms with Crippen molar-refractivity contribution in [3.05, 3.63) is 23.6 Å². The van der Waals surface area contributed by atoms with Gasteiger partial charge in [0, 0.05) is 18.8 Å². The van der Waals surface area contributed by atoms with E-state index in [9.17, 15) is 9.18 Å². The van der Waals surface area contributed by atoms with Crippen molar-refractivity contribution in [2.24, 2.45) is 5.84 Å². The maximum Gasteiger partial charge on any atom is 0.257 e. The molecule has 0 aliphatic heterocycles. The van der Waals surface area contributed by atoms with Crippen molar-refractivity contribution in [3.63, 3.8) is 0 Å². The van der Waals surface area contributed by atoms with E-state index in [1.807, 2.05) is 6.92 Å². The lowest BCUT2D eigenvalue weighted by Crippen LogP contribution is -2.34. The van der Waals surface area contributed by atoms with Crippen molar-refractivity contribution in [1.82, 2.24) is 9.88 Å². The highest BCUT2D eigenvalue weighted by molar-refractivity contribution is 5.95. The van der Waals surface area contributed by atoms with E-state index < -0.39 is 5.82 Å². The van der Waals surface area contributed by atoms with Gasteiger partial charge in [0.15, 0.2) is 11.6 Å². The van der Waals surface area contributed by atoms with Gasteiger partial charge in [0.2, 0.25) is 0 Å².